The van der Waals surface area contributed by atoms with Crippen LogP contribution < -0.4 is 5.32 Å². The van der Waals surface area contributed by atoms with E-state index in [-0.39, 0.29) is 11.7 Å². The molecule has 130 valence electrons. The number of nitrogens with one attached hydrogen (secondary N) is 1. The number of furan rings is 1. The van der Waals surface area contributed by atoms with Gasteiger partial charge in [0.25, 0.3) is 5.91 Å². The van der Waals surface area contributed by atoms with Crippen LogP contribution in [0, 0.1) is 19.7 Å². The summed E-state index contributed by atoms with van der Waals surface area (Å²) >= 11 is 0. The summed E-state index contributed by atoms with van der Waals surface area (Å²) in [6.07, 6.45) is 2.18. The van der Waals surface area contributed by atoms with Crippen molar-refractivity contribution >= 4 is 5.91 Å². The number of carbonyl (C=O) groups is 1. The van der Waals surface area contributed by atoms with Crippen molar-refractivity contribution in [2.24, 2.45) is 0 Å². The van der Waals surface area contributed by atoms with Gasteiger partial charge >= 0.3 is 0 Å². The number of aromatic nitrogens is 2. The fourth-order valence-corrected chi connectivity index (χ4v) is 2.84. The van der Waals surface area contributed by atoms with Crippen LogP contribution in [0.2, 0.25) is 0 Å². The van der Waals surface area contributed by atoms with Crippen LogP contribution in [0.5, 0.6) is 0 Å². The maximum Gasteiger partial charge on any atom is 0.255 e. The first kappa shape index (κ1) is 17.0. The molecule has 0 fully saturated rings. The second-order valence-electron chi connectivity index (χ2n) is 5.87. The highest BCUT2D eigenvalue weighted by Gasteiger charge is 2.17. The Morgan fingerprint density at radius 1 is 1.28 bits per heavy atom. The van der Waals surface area contributed by atoms with Gasteiger partial charge in [0, 0.05) is 12.1 Å². The lowest BCUT2D eigenvalue weighted by Gasteiger charge is -2.08. The van der Waals surface area contributed by atoms with Crippen molar-refractivity contribution in [2.75, 3.05) is 0 Å². The van der Waals surface area contributed by atoms with Crippen LogP contribution in [0.1, 0.15) is 40.1 Å². The maximum absolute atomic E-state index is 13.1. The molecule has 0 bridgehead atoms. The molecule has 25 heavy (non-hydrogen) atoms. The van der Waals surface area contributed by atoms with Crippen LogP contribution >= 0.6 is 0 Å². The summed E-state index contributed by atoms with van der Waals surface area (Å²) in [6.45, 7) is 6.10. The summed E-state index contributed by atoms with van der Waals surface area (Å²) in [6, 6.07) is 7.94. The number of nitrogens with zero attached hydrogens (tertiary/aromatic N) is 2. The summed E-state index contributed by atoms with van der Waals surface area (Å²) in [5.74, 6) is 1.12. The second kappa shape index (κ2) is 6.93. The SMILES string of the molecule is CCc1c(C(=O)NCc2cc(C)oc2C)cnn1-c1ccc(F)cc1. The van der Waals surface area contributed by atoms with Gasteiger partial charge in [0.1, 0.15) is 17.3 Å². The van der Waals surface area contributed by atoms with Crippen molar-refractivity contribution in [2.45, 2.75) is 33.7 Å². The van der Waals surface area contributed by atoms with E-state index in [4.69, 9.17) is 4.42 Å². The molecule has 0 saturated heterocycles. The lowest BCUT2D eigenvalue weighted by Crippen LogP contribution is -2.23. The highest BCUT2D eigenvalue weighted by Crippen LogP contribution is 2.17. The number of carbonyl (C=O) groups excluding carboxylic acids is 1. The van der Waals surface area contributed by atoms with Gasteiger partial charge in [-0.05, 0) is 50.6 Å². The Kier molecular flexibility index (Phi) is 4.70. The molecule has 0 spiro atoms. The Bertz CT molecular complexity index is 894. The lowest BCUT2D eigenvalue weighted by molar-refractivity contribution is 0.0950. The first-order valence-corrected chi connectivity index (χ1v) is 8.16. The average Bonchev–Trinajstić information content (AvgIpc) is 3.16. The van der Waals surface area contributed by atoms with E-state index >= 15 is 0 Å². The van der Waals surface area contributed by atoms with Crippen molar-refractivity contribution in [1.29, 1.82) is 0 Å². The first-order chi connectivity index (χ1) is 12.0. The van der Waals surface area contributed by atoms with Crippen molar-refractivity contribution in [1.82, 2.24) is 15.1 Å². The molecule has 3 rings (SSSR count). The number of rotatable bonds is 5. The zero-order valence-electron chi connectivity index (χ0n) is 14.5. The van der Waals surface area contributed by atoms with Gasteiger partial charge in [0.2, 0.25) is 0 Å². The predicted octanol–water partition coefficient (Wildman–Crippen LogP) is 3.71. The van der Waals surface area contributed by atoms with E-state index in [1.54, 1.807) is 23.0 Å². The summed E-state index contributed by atoms with van der Waals surface area (Å²) in [7, 11) is 0. The highest BCUT2D eigenvalue weighted by molar-refractivity contribution is 5.95. The monoisotopic (exact) mass is 341 g/mol. The van der Waals surface area contributed by atoms with E-state index in [2.05, 4.69) is 10.4 Å². The molecule has 0 unspecified atom stereocenters. The third-order valence-corrected chi connectivity index (χ3v) is 4.10. The number of amides is 1. The van der Waals surface area contributed by atoms with Crippen molar-refractivity contribution < 1.29 is 13.6 Å². The molecule has 5 nitrogen and oxygen atoms in total. The Morgan fingerprint density at radius 3 is 2.60 bits per heavy atom. The summed E-state index contributed by atoms with van der Waals surface area (Å²) in [5.41, 5.74) is 2.97. The highest BCUT2D eigenvalue weighted by atomic mass is 19.1. The number of benzene rings is 1. The van der Waals surface area contributed by atoms with Crippen molar-refractivity contribution in [3.05, 3.63) is 70.7 Å². The Morgan fingerprint density at radius 2 is 2.00 bits per heavy atom. The smallest absolute Gasteiger partial charge is 0.255 e. The minimum absolute atomic E-state index is 0.191. The minimum atomic E-state index is -0.308. The Hall–Kier alpha value is -2.89. The molecule has 1 amide bonds. The minimum Gasteiger partial charge on any atom is -0.466 e. The molecular weight excluding hydrogens is 321 g/mol. The van der Waals surface area contributed by atoms with E-state index in [1.165, 1.54) is 12.1 Å². The molecule has 0 saturated carbocycles. The molecule has 6 heteroatoms. The van der Waals surface area contributed by atoms with Gasteiger partial charge in [0.15, 0.2) is 0 Å². The van der Waals surface area contributed by atoms with Gasteiger partial charge in [0.05, 0.1) is 23.1 Å². The second-order valence-corrected chi connectivity index (χ2v) is 5.87. The number of halogens is 1. The summed E-state index contributed by atoms with van der Waals surface area (Å²) < 4.78 is 20.3. The molecule has 2 aromatic heterocycles. The normalized spacial score (nSPS) is 10.9. The van der Waals surface area contributed by atoms with Crippen LogP contribution in [0.3, 0.4) is 0 Å². The van der Waals surface area contributed by atoms with Crippen molar-refractivity contribution in [3.8, 4) is 5.69 Å². The van der Waals surface area contributed by atoms with Gasteiger partial charge in [-0.25, -0.2) is 9.07 Å². The molecule has 0 aliphatic rings. The van der Waals surface area contributed by atoms with Gasteiger partial charge in [-0.2, -0.15) is 5.10 Å². The van der Waals surface area contributed by atoms with Gasteiger partial charge in [-0.3, -0.25) is 4.79 Å². The fourth-order valence-electron chi connectivity index (χ4n) is 2.84. The fraction of sp³-hybridized carbons (Fsp3) is 0.263. The standard InChI is InChI=1S/C19H20FN3O2/c1-4-18-17(11-22-23(18)16-7-5-15(20)6-8-16)19(24)21-10-14-9-12(2)25-13(14)3/h5-9,11H,4,10H2,1-3H3,(H,21,24). The van der Waals surface area contributed by atoms with Crippen LogP contribution in [0.25, 0.3) is 5.69 Å². The topological polar surface area (TPSA) is 60.1 Å². The third kappa shape index (κ3) is 3.47. The molecule has 0 radical (unpaired) electrons. The lowest BCUT2D eigenvalue weighted by atomic mass is 10.1. The Labute approximate surface area is 145 Å². The van der Waals surface area contributed by atoms with E-state index in [0.29, 0.717) is 18.5 Å². The van der Waals surface area contributed by atoms with E-state index in [0.717, 1.165) is 28.5 Å². The Balaban J connectivity index is 1.81. The molecule has 1 aromatic carbocycles. The predicted molar refractivity (Wildman–Crippen MR) is 92.3 cm³/mol. The van der Waals surface area contributed by atoms with E-state index in [9.17, 15) is 9.18 Å². The van der Waals surface area contributed by atoms with E-state index < -0.39 is 0 Å². The average molecular weight is 341 g/mol. The zero-order valence-corrected chi connectivity index (χ0v) is 14.5. The molecule has 0 aliphatic carbocycles. The van der Waals surface area contributed by atoms with Crippen molar-refractivity contribution in [3.63, 3.8) is 0 Å². The first-order valence-electron chi connectivity index (χ1n) is 8.16. The van der Waals surface area contributed by atoms with Gasteiger partial charge < -0.3 is 9.73 Å². The van der Waals surface area contributed by atoms with Gasteiger partial charge in [-0.15, -0.1) is 0 Å². The van der Waals surface area contributed by atoms with E-state index in [1.807, 2.05) is 26.8 Å². The summed E-state index contributed by atoms with van der Waals surface area (Å²) in [4.78, 5) is 12.6. The maximum atomic E-state index is 13.1. The zero-order chi connectivity index (χ0) is 18.0. The molecular formula is C19H20FN3O2. The van der Waals surface area contributed by atoms with Gasteiger partial charge in [-0.1, -0.05) is 6.92 Å². The number of hydrogen-bond donors (Lipinski definition) is 1. The largest absolute Gasteiger partial charge is 0.466 e. The van der Waals surface area contributed by atoms with Crippen LogP contribution in [-0.2, 0) is 13.0 Å². The molecule has 3 aromatic rings. The molecule has 0 aliphatic heterocycles. The van der Waals surface area contributed by atoms with Crippen LogP contribution in [-0.4, -0.2) is 15.7 Å². The van der Waals surface area contributed by atoms with Crippen LogP contribution in [0.15, 0.2) is 40.9 Å². The molecule has 0 atom stereocenters. The molecule has 1 N–H and O–H groups in total. The molecule has 2 heterocycles. The van der Waals surface area contributed by atoms with Crippen LogP contribution in [0.4, 0.5) is 4.39 Å². The number of aryl methyl sites for hydroxylation is 2. The number of hydrogen-bond acceptors (Lipinski definition) is 3. The summed E-state index contributed by atoms with van der Waals surface area (Å²) in [5, 5.41) is 7.21. The quantitative estimate of drug-likeness (QED) is 0.769. The third-order valence-electron chi connectivity index (χ3n) is 4.10.